The summed E-state index contributed by atoms with van der Waals surface area (Å²) in [6.07, 6.45) is 6.07. The summed E-state index contributed by atoms with van der Waals surface area (Å²) in [7, 11) is 3.24. The number of hydrogen-bond donors (Lipinski definition) is 2. The summed E-state index contributed by atoms with van der Waals surface area (Å²) >= 11 is 0. The molecule has 176 valence electrons. The summed E-state index contributed by atoms with van der Waals surface area (Å²) in [5.41, 5.74) is 2.83. The summed E-state index contributed by atoms with van der Waals surface area (Å²) in [4.78, 5) is 29.8. The van der Waals surface area contributed by atoms with Gasteiger partial charge in [0.05, 0.1) is 14.2 Å². The van der Waals surface area contributed by atoms with Gasteiger partial charge in [-0.15, -0.1) is 0 Å². The second kappa shape index (κ2) is 12.8. The van der Waals surface area contributed by atoms with Gasteiger partial charge in [0.15, 0.2) is 0 Å². The van der Waals surface area contributed by atoms with Crippen molar-refractivity contribution in [3.8, 4) is 11.5 Å². The molecule has 2 aromatic carbocycles. The standard InChI is InChI=1S/C27H29N3O4/c1-33-23-9-5-20(6-10-23)13-16-29-26(31)25(18-22-4-3-15-28-19-22)27(32)30-17-14-21-7-11-24(34-2)12-8-21/h3-12,15,18-19H,13-14,16-17H2,1-2H3,(H,29,31)(H,30,32). The van der Waals surface area contributed by atoms with Crippen LogP contribution < -0.4 is 20.1 Å². The largest absolute Gasteiger partial charge is 0.497 e. The van der Waals surface area contributed by atoms with Gasteiger partial charge in [-0.25, -0.2) is 0 Å². The van der Waals surface area contributed by atoms with Crippen LogP contribution in [-0.4, -0.2) is 44.1 Å². The molecule has 34 heavy (non-hydrogen) atoms. The number of rotatable bonds is 11. The summed E-state index contributed by atoms with van der Waals surface area (Å²) in [6.45, 7) is 0.795. The fraction of sp³-hybridized carbons (Fsp3) is 0.222. The van der Waals surface area contributed by atoms with Crippen LogP contribution >= 0.6 is 0 Å². The number of benzene rings is 2. The van der Waals surface area contributed by atoms with Crippen molar-refractivity contribution in [2.45, 2.75) is 12.8 Å². The lowest BCUT2D eigenvalue weighted by molar-refractivity contribution is -0.123. The Balaban J connectivity index is 1.60. The smallest absolute Gasteiger partial charge is 0.256 e. The normalized spacial score (nSPS) is 10.2. The Hall–Kier alpha value is -4.13. The van der Waals surface area contributed by atoms with Crippen molar-refractivity contribution < 1.29 is 19.1 Å². The number of nitrogens with one attached hydrogen (secondary N) is 2. The highest BCUT2D eigenvalue weighted by atomic mass is 16.5. The Labute approximate surface area is 199 Å². The number of pyridine rings is 1. The molecule has 2 N–H and O–H groups in total. The molecule has 1 heterocycles. The fourth-order valence-corrected chi connectivity index (χ4v) is 3.28. The molecular weight excluding hydrogens is 430 g/mol. The Morgan fingerprint density at radius 3 is 1.71 bits per heavy atom. The average molecular weight is 460 g/mol. The summed E-state index contributed by atoms with van der Waals surface area (Å²) in [5, 5.41) is 5.70. The number of nitrogens with zero attached hydrogens (tertiary/aromatic N) is 1. The first-order valence-electron chi connectivity index (χ1n) is 11.0. The van der Waals surface area contributed by atoms with E-state index >= 15 is 0 Å². The third-order valence-electron chi connectivity index (χ3n) is 5.20. The minimum absolute atomic E-state index is 0.0393. The van der Waals surface area contributed by atoms with Gasteiger partial charge < -0.3 is 20.1 Å². The Morgan fingerprint density at radius 2 is 1.29 bits per heavy atom. The zero-order valence-corrected chi connectivity index (χ0v) is 19.4. The zero-order valence-electron chi connectivity index (χ0n) is 19.4. The van der Waals surface area contributed by atoms with Gasteiger partial charge in [-0.3, -0.25) is 14.6 Å². The number of amides is 2. The van der Waals surface area contributed by atoms with E-state index in [1.807, 2.05) is 48.5 Å². The molecule has 0 saturated carbocycles. The van der Waals surface area contributed by atoms with Gasteiger partial charge in [0.1, 0.15) is 17.1 Å². The van der Waals surface area contributed by atoms with E-state index in [0.717, 1.165) is 22.6 Å². The predicted molar refractivity (Wildman–Crippen MR) is 132 cm³/mol. The molecule has 7 nitrogen and oxygen atoms in total. The molecule has 1 aromatic heterocycles. The molecule has 0 saturated heterocycles. The van der Waals surface area contributed by atoms with Gasteiger partial charge in [0.2, 0.25) is 0 Å². The molecule has 0 aliphatic carbocycles. The molecule has 0 unspecified atom stereocenters. The van der Waals surface area contributed by atoms with E-state index in [2.05, 4.69) is 15.6 Å². The highest BCUT2D eigenvalue weighted by Crippen LogP contribution is 2.13. The maximum atomic E-state index is 12.9. The molecule has 0 bridgehead atoms. The number of ether oxygens (including phenoxy) is 2. The highest BCUT2D eigenvalue weighted by Gasteiger charge is 2.18. The van der Waals surface area contributed by atoms with Crippen molar-refractivity contribution in [1.82, 2.24) is 15.6 Å². The zero-order chi connectivity index (χ0) is 24.2. The molecule has 0 spiro atoms. The summed E-state index contributed by atoms with van der Waals surface area (Å²) in [6, 6.07) is 18.8. The van der Waals surface area contributed by atoms with Crippen LogP contribution in [-0.2, 0) is 22.4 Å². The number of hydrogen-bond acceptors (Lipinski definition) is 5. The van der Waals surface area contributed by atoms with Gasteiger partial charge in [-0.1, -0.05) is 30.3 Å². The monoisotopic (exact) mass is 459 g/mol. The van der Waals surface area contributed by atoms with Crippen LogP contribution in [0.3, 0.4) is 0 Å². The second-order valence-electron chi connectivity index (χ2n) is 7.55. The lowest BCUT2D eigenvalue weighted by Gasteiger charge is -2.11. The molecular formula is C27H29N3O4. The minimum atomic E-state index is -0.431. The van der Waals surface area contributed by atoms with Gasteiger partial charge >= 0.3 is 0 Å². The van der Waals surface area contributed by atoms with Gasteiger partial charge in [0.25, 0.3) is 11.8 Å². The highest BCUT2D eigenvalue weighted by molar-refractivity contribution is 6.21. The van der Waals surface area contributed by atoms with Crippen LogP contribution in [0.15, 0.2) is 78.6 Å². The third-order valence-corrected chi connectivity index (χ3v) is 5.20. The lowest BCUT2D eigenvalue weighted by atomic mass is 10.1. The molecule has 3 aromatic rings. The first-order valence-corrected chi connectivity index (χ1v) is 11.0. The van der Waals surface area contributed by atoms with Gasteiger partial charge in [-0.2, -0.15) is 0 Å². The van der Waals surface area contributed by atoms with Crippen LogP contribution in [0.4, 0.5) is 0 Å². The molecule has 0 radical (unpaired) electrons. The van der Waals surface area contributed by atoms with Crippen LogP contribution in [0.2, 0.25) is 0 Å². The Morgan fingerprint density at radius 1 is 0.794 bits per heavy atom. The van der Waals surface area contributed by atoms with E-state index in [0.29, 0.717) is 31.5 Å². The Kier molecular flexibility index (Phi) is 9.22. The SMILES string of the molecule is COc1ccc(CCNC(=O)C(=Cc2cccnc2)C(=O)NCCc2ccc(OC)cc2)cc1. The summed E-state index contributed by atoms with van der Waals surface area (Å²) in [5.74, 6) is 0.695. The van der Waals surface area contributed by atoms with E-state index in [1.54, 1.807) is 44.8 Å². The molecule has 2 amide bonds. The Bertz CT molecular complexity index is 1030. The van der Waals surface area contributed by atoms with Crippen molar-refractivity contribution in [3.63, 3.8) is 0 Å². The molecule has 3 rings (SSSR count). The molecule has 0 fully saturated rings. The van der Waals surface area contributed by atoms with Crippen LogP contribution in [0.25, 0.3) is 6.08 Å². The lowest BCUT2D eigenvalue weighted by Crippen LogP contribution is -2.36. The average Bonchev–Trinajstić information content (AvgIpc) is 2.88. The number of methoxy groups -OCH3 is 2. The van der Waals surface area contributed by atoms with Gasteiger partial charge in [-0.05, 0) is 65.9 Å². The number of carbonyl (C=O) groups is 2. The third kappa shape index (κ3) is 7.48. The predicted octanol–water partition coefficient (Wildman–Crippen LogP) is 3.20. The van der Waals surface area contributed by atoms with Crippen LogP contribution in [0.5, 0.6) is 11.5 Å². The molecule has 0 aliphatic heterocycles. The minimum Gasteiger partial charge on any atom is -0.497 e. The van der Waals surface area contributed by atoms with Crippen molar-refractivity contribution in [2.75, 3.05) is 27.3 Å². The molecule has 0 atom stereocenters. The first-order chi connectivity index (χ1) is 16.6. The molecule has 7 heteroatoms. The van der Waals surface area contributed by atoms with E-state index in [9.17, 15) is 9.59 Å². The van der Waals surface area contributed by atoms with Crippen molar-refractivity contribution >= 4 is 17.9 Å². The van der Waals surface area contributed by atoms with Crippen LogP contribution in [0.1, 0.15) is 16.7 Å². The van der Waals surface area contributed by atoms with Crippen LogP contribution in [0, 0.1) is 0 Å². The maximum Gasteiger partial charge on any atom is 0.256 e. The quantitative estimate of drug-likeness (QED) is 0.261. The topological polar surface area (TPSA) is 89.5 Å². The second-order valence-corrected chi connectivity index (χ2v) is 7.55. The number of aromatic nitrogens is 1. The summed E-state index contributed by atoms with van der Waals surface area (Å²) < 4.78 is 10.3. The van der Waals surface area contributed by atoms with E-state index < -0.39 is 11.8 Å². The first kappa shape index (κ1) is 24.5. The molecule has 0 aliphatic rings. The maximum absolute atomic E-state index is 12.9. The van der Waals surface area contributed by atoms with Crippen molar-refractivity contribution in [3.05, 3.63) is 95.3 Å². The van der Waals surface area contributed by atoms with E-state index in [1.165, 1.54) is 0 Å². The van der Waals surface area contributed by atoms with E-state index in [-0.39, 0.29) is 5.57 Å². The van der Waals surface area contributed by atoms with Crippen molar-refractivity contribution in [2.24, 2.45) is 0 Å². The van der Waals surface area contributed by atoms with Crippen molar-refractivity contribution in [1.29, 1.82) is 0 Å². The van der Waals surface area contributed by atoms with E-state index in [4.69, 9.17) is 9.47 Å². The number of carbonyl (C=O) groups excluding carboxylic acids is 2. The van der Waals surface area contributed by atoms with Gasteiger partial charge in [0, 0.05) is 25.5 Å². The fourth-order valence-electron chi connectivity index (χ4n) is 3.28.